The summed E-state index contributed by atoms with van der Waals surface area (Å²) in [5.74, 6) is -0.312. The lowest BCUT2D eigenvalue weighted by atomic mass is 10.2. The smallest absolute Gasteiger partial charge is 0.239 e. The van der Waals surface area contributed by atoms with Crippen LogP contribution in [0.4, 0.5) is 0 Å². The lowest BCUT2D eigenvalue weighted by Gasteiger charge is -2.37. The van der Waals surface area contributed by atoms with E-state index in [1.54, 1.807) is 0 Å². The predicted octanol–water partition coefficient (Wildman–Crippen LogP) is -0.735. The number of piperazine rings is 1. The molecule has 2 N–H and O–H groups in total. The molecule has 0 aliphatic carbocycles. The van der Waals surface area contributed by atoms with Gasteiger partial charge < -0.3 is 15.5 Å². The predicted molar refractivity (Wildman–Crippen MR) is 74.8 cm³/mol. The van der Waals surface area contributed by atoms with Gasteiger partial charge in [-0.25, -0.2) is 0 Å². The molecule has 0 radical (unpaired) electrons. The van der Waals surface area contributed by atoms with Crippen LogP contribution < -0.4 is 10.6 Å². The van der Waals surface area contributed by atoms with Gasteiger partial charge in [-0.1, -0.05) is 6.92 Å². The maximum atomic E-state index is 11.5. The standard InChI is InChI=1S/C13H26N4O2/c1-4-16-5-7-17(8-6-16)11(2)9-15-13(19)10-14-12(3)18/h11H,4-10H2,1-3H3,(H,14,18)(H,15,19). The number of hydrogen-bond acceptors (Lipinski definition) is 4. The van der Waals surface area contributed by atoms with Crippen molar-refractivity contribution in [3.63, 3.8) is 0 Å². The third kappa shape index (κ3) is 6.02. The number of amides is 2. The van der Waals surface area contributed by atoms with Crippen molar-refractivity contribution in [3.8, 4) is 0 Å². The van der Waals surface area contributed by atoms with Crippen molar-refractivity contribution < 1.29 is 9.59 Å². The minimum Gasteiger partial charge on any atom is -0.353 e. The highest BCUT2D eigenvalue weighted by atomic mass is 16.2. The van der Waals surface area contributed by atoms with E-state index in [0.29, 0.717) is 12.6 Å². The van der Waals surface area contributed by atoms with Gasteiger partial charge in [-0.3, -0.25) is 14.5 Å². The maximum Gasteiger partial charge on any atom is 0.239 e. The summed E-state index contributed by atoms with van der Waals surface area (Å²) in [7, 11) is 0. The molecule has 1 atom stereocenters. The molecule has 6 heteroatoms. The molecule has 19 heavy (non-hydrogen) atoms. The van der Waals surface area contributed by atoms with E-state index in [0.717, 1.165) is 32.7 Å². The minimum absolute atomic E-state index is 0.0612. The molecule has 6 nitrogen and oxygen atoms in total. The fraction of sp³-hybridized carbons (Fsp3) is 0.846. The Morgan fingerprint density at radius 3 is 2.32 bits per heavy atom. The van der Waals surface area contributed by atoms with Crippen molar-refractivity contribution in [2.24, 2.45) is 0 Å². The highest BCUT2D eigenvalue weighted by Crippen LogP contribution is 2.05. The average Bonchev–Trinajstić information content (AvgIpc) is 2.42. The monoisotopic (exact) mass is 270 g/mol. The number of nitrogens with one attached hydrogen (secondary N) is 2. The Kier molecular flexibility index (Phi) is 6.80. The van der Waals surface area contributed by atoms with Gasteiger partial charge in [-0.15, -0.1) is 0 Å². The number of hydrogen-bond donors (Lipinski definition) is 2. The molecule has 0 saturated carbocycles. The third-order valence-corrected chi connectivity index (χ3v) is 3.57. The van der Waals surface area contributed by atoms with Crippen LogP contribution in [0.25, 0.3) is 0 Å². The van der Waals surface area contributed by atoms with E-state index in [2.05, 4.69) is 34.3 Å². The van der Waals surface area contributed by atoms with E-state index >= 15 is 0 Å². The quantitative estimate of drug-likeness (QED) is 0.667. The fourth-order valence-corrected chi connectivity index (χ4v) is 2.18. The van der Waals surface area contributed by atoms with E-state index in [4.69, 9.17) is 0 Å². The number of nitrogens with zero attached hydrogens (tertiary/aromatic N) is 2. The summed E-state index contributed by atoms with van der Waals surface area (Å²) >= 11 is 0. The van der Waals surface area contributed by atoms with Crippen LogP contribution in [0.2, 0.25) is 0 Å². The molecule has 1 rings (SSSR count). The number of carbonyl (C=O) groups excluding carboxylic acids is 2. The molecule has 110 valence electrons. The van der Waals surface area contributed by atoms with Gasteiger partial charge in [0.25, 0.3) is 0 Å². The topological polar surface area (TPSA) is 64.7 Å². The Morgan fingerprint density at radius 1 is 1.16 bits per heavy atom. The zero-order chi connectivity index (χ0) is 14.3. The summed E-state index contributed by atoms with van der Waals surface area (Å²) in [6, 6.07) is 0.334. The summed E-state index contributed by atoms with van der Waals surface area (Å²) in [6.07, 6.45) is 0. The Bertz CT molecular complexity index is 301. The Morgan fingerprint density at radius 2 is 1.79 bits per heavy atom. The van der Waals surface area contributed by atoms with E-state index in [9.17, 15) is 9.59 Å². The van der Waals surface area contributed by atoms with Crippen molar-refractivity contribution in [1.29, 1.82) is 0 Å². The van der Waals surface area contributed by atoms with Crippen LogP contribution in [0.15, 0.2) is 0 Å². The van der Waals surface area contributed by atoms with E-state index in [-0.39, 0.29) is 18.4 Å². The zero-order valence-electron chi connectivity index (χ0n) is 12.2. The minimum atomic E-state index is -0.182. The van der Waals surface area contributed by atoms with Gasteiger partial charge in [-0.2, -0.15) is 0 Å². The van der Waals surface area contributed by atoms with Crippen molar-refractivity contribution in [1.82, 2.24) is 20.4 Å². The van der Waals surface area contributed by atoms with Crippen LogP contribution >= 0.6 is 0 Å². The lowest BCUT2D eigenvalue weighted by molar-refractivity contribution is -0.125. The highest BCUT2D eigenvalue weighted by Gasteiger charge is 2.20. The largest absolute Gasteiger partial charge is 0.353 e. The fourth-order valence-electron chi connectivity index (χ4n) is 2.18. The molecular formula is C13H26N4O2. The Balaban J connectivity index is 2.18. The molecule has 1 aliphatic rings. The lowest BCUT2D eigenvalue weighted by Crippen LogP contribution is -2.52. The van der Waals surface area contributed by atoms with E-state index < -0.39 is 0 Å². The summed E-state index contributed by atoms with van der Waals surface area (Å²) in [5.41, 5.74) is 0. The molecule has 0 aromatic heterocycles. The Hall–Kier alpha value is -1.14. The summed E-state index contributed by atoms with van der Waals surface area (Å²) in [4.78, 5) is 27.0. The second-order valence-electron chi connectivity index (χ2n) is 5.03. The van der Waals surface area contributed by atoms with Gasteiger partial charge in [0.1, 0.15) is 0 Å². The molecule has 0 bridgehead atoms. The molecule has 1 aliphatic heterocycles. The summed E-state index contributed by atoms with van der Waals surface area (Å²) in [5, 5.41) is 5.34. The van der Waals surface area contributed by atoms with Crippen LogP contribution in [-0.2, 0) is 9.59 Å². The zero-order valence-corrected chi connectivity index (χ0v) is 12.2. The number of likely N-dealkylation sites (N-methyl/N-ethyl adjacent to an activating group) is 1. The first-order valence-corrected chi connectivity index (χ1v) is 7.00. The van der Waals surface area contributed by atoms with Gasteiger partial charge in [0.05, 0.1) is 6.54 Å². The normalized spacial score (nSPS) is 18.9. The summed E-state index contributed by atoms with van der Waals surface area (Å²) < 4.78 is 0. The Labute approximate surface area is 115 Å². The van der Waals surface area contributed by atoms with Crippen molar-refractivity contribution in [2.75, 3.05) is 45.8 Å². The highest BCUT2D eigenvalue weighted by molar-refractivity contribution is 5.83. The first-order chi connectivity index (χ1) is 9.02. The average molecular weight is 270 g/mol. The SMILES string of the molecule is CCN1CCN(C(C)CNC(=O)CNC(C)=O)CC1. The van der Waals surface area contributed by atoms with Gasteiger partial charge in [-0.05, 0) is 13.5 Å². The van der Waals surface area contributed by atoms with Crippen LogP contribution in [0, 0.1) is 0 Å². The molecule has 1 heterocycles. The third-order valence-electron chi connectivity index (χ3n) is 3.57. The second-order valence-corrected chi connectivity index (χ2v) is 5.03. The van der Waals surface area contributed by atoms with Crippen LogP contribution in [0.3, 0.4) is 0 Å². The van der Waals surface area contributed by atoms with Crippen molar-refractivity contribution in [3.05, 3.63) is 0 Å². The molecular weight excluding hydrogens is 244 g/mol. The summed E-state index contributed by atoms with van der Waals surface area (Å²) in [6.45, 7) is 11.8. The van der Waals surface area contributed by atoms with Gasteiger partial charge >= 0.3 is 0 Å². The maximum absolute atomic E-state index is 11.5. The molecule has 1 saturated heterocycles. The van der Waals surface area contributed by atoms with E-state index in [1.807, 2.05) is 0 Å². The first kappa shape index (κ1) is 15.9. The first-order valence-electron chi connectivity index (χ1n) is 7.00. The van der Waals surface area contributed by atoms with Gasteiger partial charge in [0, 0.05) is 45.7 Å². The molecule has 2 amide bonds. The molecule has 1 unspecified atom stereocenters. The van der Waals surface area contributed by atoms with E-state index in [1.165, 1.54) is 6.92 Å². The van der Waals surface area contributed by atoms with Crippen molar-refractivity contribution in [2.45, 2.75) is 26.8 Å². The van der Waals surface area contributed by atoms with Crippen molar-refractivity contribution >= 4 is 11.8 Å². The van der Waals surface area contributed by atoms with Crippen LogP contribution in [-0.4, -0.2) is 73.5 Å². The van der Waals surface area contributed by atoms with Crippen LogP contribution in [0.5, 0.6) is 0 Å². The molecule has 0 spiro atoms. The molecule has 0 aromatic rings. The van der Waals surface area contributed by atoms with Crippen LogP contribution in [0.1, 0.15) is 20.8 Å². The molecule has 0 aromatic carbocycles. The number of rotatable bonds is 6. The second kappa shape index (κ2) is 8.12. The number of carbonyl (C=O) groups is 2. The van der Waals surface area contributed by atoms with Gasteiger partial charge in [0.15, 0.2) is 0 Å². The van der Waals surface area contributed by atoms with Gasteiger partial charge in [0.2, 0.25) is 11.8 Å². The molecule has 1 fully saturated rings.